The van der Waals surface area contributed by atoms with Gasteiger partial charge in [0.1, 0.15) is 12.4 Å². The van der Waals surface area contributed by atoms with E-state index in [2.05, 4.69) is 0 Å². The summed E-state index contributed by atoms with van der Waals surface area (Å²) in [6.45, 7) is -1.26. The molecule has 106 valence electrons. The molecule has 0 spiro atoms. The minimum absolute atomic E-state index is 0.168. The number of alkyl halides is 3. The lowest BCUT2D eigenvalue weighted by Gasteiger charge is -2.23. The SMILES string of the molecule is Cc1cccc(C(=O)N(CCO)CC(F)(F)F)c1F. The van der Waals surface area contributed by atoms with Gasteiger partial charge < -0.3 is 10.0 Å². The summed E-state index contributed by atoms with van der Waals surface area (Å²) in [6.07, 6.45) is -4.61. The second kappa shape index (κ2) is 6.01. The van der Waals surface area contributed by atoms with Crippen LogP contribution in [0.4, 0.5) is 17.6 Å². The van der Waals surface area contributed by atoms with E-state index in [4.69, 9.17) is 5.11 Å². The van der Waals surface area contributed by atoms with Crippen LogP contribution in [0.3, 0.4) is 0 Å². The molecule has 3 nitrogen and oxygen atoms in total. The van der Waals surface area contributed by atoms with Crippen LogP contribution < -0.4 is 0 Å². The van der Waals surface area contributed by atoms with Gasteiger partial charge in [-0.1, -0.05) is 12.1 Å². The van der Waals surface area contributed by atoms with Gasteiger partial charge in [-0.05, 0) is 18.6 Å². The third-order valence-electron chi connectivity index (χ3n) is 2.45. The number of hydrogen-bond donors (Lipinski definition) is 1. The van der Waals surface area contributed by atoms with Crippen LogP contribution in [-0.4, -0.2) is 41.8 Å². The summed E-state index contributed by atoms with van der Waals surface area (Å²) in [4.78, 5) is 12.2. The molecule has 19 heavy (non-hydrogen) atoms. The number of nitrogens with zero attached hydrogens (tertiary/aromatic N) is 1. The zero-order valence-corrected chi connectivity index (χ0v) is 10.2. The van der Waals surface area contributed by atoms with E-state index in [1.807, 2.05) is 0 Å². The van der Waals surface area contributed by atoms with Gasteiger partial charge >= 0.3 is 6.18 Å². The fourth-order valence-electron chi connectivity index (χ4n) is 1.57. The third kappa shape index (κ3) is 4.20. The predicted octanol–water partition coefficient (Wildman–Crippen LogP) is 2.13. The van der Waals surface area contributed by atoms with Crippen LogP contribution in [0, 0.1) is 12.7 Å². The molecule has 0 atom stereocenters. The Morgan fingerprint density at radius 3 is 2.53 bits per heavy atom. The summed E-state index contributed by atoms with van der Waals surface area (Å²) >= 11 is 0. The highest BCUT2D eigenvalue weighted by molar-refractivity contribution is 5.94. The fraction of sp³-hybridized carbons (Fsp3) is 0.417. The van der Waals surface area contributed by atoms with E-state index in [9.17, 15) is 22.4 Å². The minimum Gasteiger partial charge on any atom is -0.395 e. The Balaban J connectivity index is 3.02. The smallest absolute Gasteiger partial charge is 0.395 e. The van der Waals surface area contributed by atoms with Crippen molar-refractivity contribution in [3.63, 3.8) is 0 Å². The van der Waals surface area contributed by atoms with Crippen LogP contribution in [0.2, 0.25) is 0 Å². The molecule has 0 aromatic heterocycles. The molecule has 7 heteroatoms. The number of halogens is 4. The van der Waals surface area contributed by atoms with Crippen molar-refractivity contribution < 1.29 is 27.5 Å². The van der Waals surface area contributed by atoms with Crippen molar-refractivity contribution in [3.8, 4) is 0 Å². The Kier molecular flexibility index (Phi) is 4.88. The summed E-state index contributed by atoms with van der Waals surface area (Å²) < 4.78 is 50.6. The highest BCUT2D eigenvalue weighted by Crippen LogP contribution is 2.20. The Labute approximate surface area is 107 Å². The van der Waals surface area contributed by atoms with Crippen molar-refractivity contribution in [2.24, 2.45) is 0 Å². The van der Waals surface area contributed by atoms with E-state index in [0.29, 0.717) is 4.90 Å². The Hall–Kier alpha value is -1.63. The highest BCUT2D eigenvalue weighted by Gasteiger charge is 2.33. The molecule has 0 unspecified atom stereocenters. The summed E-state index contributed by atoms with van der Waals surface area (Å²) in [5, 5.41) is 8.70. The van der Waals surface area contributed by atoms with Gasteiger partial charge in [-0.3, -0.25) is 4.79 Å². The van der Waals surface area contributed by atoms with Crippen molar-refractivity contribution in [3.05, 3.63) is 35.1 Å². The van der Waals surface area contributed by atoms with Crippen LogP contribution in [0.5, 0.6) is 0 Å². The standard InChI is InChI=1S/C12H13F4NO2/c1-8-3-2-4-9(10(8)13)11(19)17(5-6-18)7-12(14,15)16/h2-4,18H,5-7H2,1H3. The van der Waals surface area contributed by atoms with Crippen LogP contribution in [0.1, 0.15) is 15.9 Å². The average Bonchev–Trinajstić information content (AvgIpc) is 2.30. The van der Waals surface area contributed by atoms with E-state index in [1.54, 1.807) is 0 Å². The maximum atomic E-state index is 13.7. The maximum absolute atomic E-state index is 13.7. The number of aryl methyl sites for hydroxylation is 1. The number of hydrogen-bond acceptors (Lipinski definition) is 2. The first kappa shape index (κ1) is 15.4. The molecule has 0 heterocycles. The van der Waals surface area contributed by atoms with E-state index in [0.717, 1.165) is 6.07 Å². The van der Waals surface area contributed by atoms with Crippen molar-refractivity contribution in [2.45, 2.75) is 13.1 Å². The van der Waals surface area contributed by atoms with Gasteiger partial charge in [0.15, 0.2) is 0 Å². The van der Waals surface area contributed by atoms with Crippen LogP contribution in [-0.2, 0) is 0 Å². The summed E-state index contributed by atoms with van der Waals surface area (Å²) in [6, 6.07) is 3.91. The number of aliphatic hydroxyl groups excluding tert-OH is 1. The van der Waals surface area contributed by atoms with Gasteiger partial charge in [0.25, 0.3) is 5.91 Å². The van der Waals surface area contributed by atoms with Gasteiger partial charge in [-0.2, -0.15) is 13.2 Å². The van der Waals surface area contributed by atoms with E-state index >= 15 is 0 Å². The second-order valence-corrected chi connectivity index (χ2v) is 4.00. The number of amides is 1. The van der Waals surface area contributed by atoms with Gasteiger partial charge in [-0.25, -0.2) is 4.39 Å². The molecular weight excluding hydrogens is 266 g/mol. The lowest BCUT2D eigenvalue weighted by atomic mass is 10.1. The lowest BCUT2D eigenvalue weighted by Crippen LogP contribution is -2.41. The Bertz CT molecular complexity index is 460. The quantitative estimate of drug-likeness (QED) is 0.858. The molecule has 1 amide bonds. The topological polar surface area (TPSA) is 40.5 Å². The first-order valence-corrected chi connectivity index (χ1v) is 5.48. The molecule has 0 aliphatic carbocycles. The summed E-state index contributed by atoms with van der Waals surface area (Å²) in [5.41, 5.74) is -0.264. The van der Waals surface area contributed by atoms with Gasteiger partial charge in [0, 0.05) is 6.54 Å². The predicted molar refractivity (Wildman–Crippen MR) is 60.2 cm³/mol. The van der Waals surface area contributed by atoms with Crippen LogP contribution >= 0.6 is 0 Å². The molecule has 0 saturated carbocycles. The van der Waals surface area contributed by atoms with Crippen LogP contribution in [0.25, 0.3) is 0 Å². The van der Waals surface area contributed by atoms with Crippen LogP contribution in [0.15, 0.2) is 18.2 Å². The molecular formula is C12H13F4NO2. The number of carbonyl (C=O) groups is 1. The van der Waals surface area contributed by atoms with Gasteiger partial charge in [0.05, 0.1) is 12.2 Å². The van der Waals surface area contributed by atoms with Crippen molar-refractivity contribution in [2.75, 3.05) is 19.7 Å². The zero-order valence-electron chi connectivity index (χ0n) is 10.2. The van der Waals surface area contributed by atoms with Gasteiger partial charge in [0.2, 0.25) is 0 Å². The molecule has 0 bridgehead atoms. The molecule has 1 aromatic carbocycles. The fourth-order valence-corrected chi connectivity index (χ4v) is 1.57. The second-order valence-electron chi connectivity index (χ2n) is 4.00. The molecule has 0 aliphatic rings. The third-order valence-corrected chi connectivity index (χ3v) is 2.45. The van der Waals surface area contributed by atoms with Gasteiger partial charge in [-0.15, -0.1) is 0 Å². The molecule has 0 aliphatic heterocycles. The number of carbonyl (C=O) groups excluding carboxylic acids is 1. The average molecular weight is 279 g/mol. The lowest BCUT2D eigenvalue weighted by molar-refractivity contribution is -0.141. The largest absolute Gasteiger partial charge is 0.406 e. The minimum atomic E-state index is -4.61. The van der Waals surface area contributed by atoms with Crippen molar-refractivity contribution in [1.29, 1.82) is 0 Å². The first-order valence-electron chi connectivity index (χ1n) is 5.48. The monoisotopic (exact) mass is 279 g/mol. The molecule has 0 fully saturated rings. The molecule has 1 N–H and O–H groups in total. The van der Waals surface area contributed by atoms with E-state index in [-0.39, 0.29) is 5.56 Å². The molecule has 1 rings (SSSR count). The highest BCUT2D eigenvalue weighted by atomic mass is 19.4. The number of aliphatic hydroxyl groups is 1. The summed E-state index contributed by atoms with van der Waals surface area (Å²) in [5.74, 6) is -1.94. The summed E-state index contributed by atoms with van der Waals surface area (Å²) in [7, 11) is 0. The Morgan fingerprint density at radius 1 is 1.37 bits per heavy atom. The van der Waals surface area contributed by atoms with E-state index < -0.39 is 43.2 Å². The number of benzene rings is 1. The Morgan fingerprint density at radius 2 is 2.00 bits per heavy atom. The van der Waals surface area contributed by atoms with Crippen molar-refractivity contribution in [1.82, 2.24) is 4.90 Å². The van der Waals surface area contributed by atoms with Crippen molar-refractivity contribution >= 4 is 5.91 Å². The molecule has 0 saturated heterocycles. The molecule has 1 aromatic rings. The maximum Gasteiger partial charge on any atom is 0.406 e. The normalized spacial score (nSPS) is 11.5. The molecule has 0 radical (unpaired) electrons. The number of rotatable bonds is 4. The van der Waals surface area contributed by atoms with E-state index in [1.165, 1.54) is 19.1 Å². The zero-order chi connectivity index (χ0) is 14.6. The first-order chi connectivity index (χ1) is 8.76.